The van der Waals surface area contributed by atoms with Crippen LogP contribution in [-0.4, -0.2) is 22.1 Å². The SMILES string of the molecule is Cc1cc(CNC(=O)N(Cc2ccc(F)cc2F)C2CC2)no1. The highest BCUT2D eigenvalue weighted by molar-refractivity contribution is 5.74. The Hall–Kier alpha value is -2.44. The zero-order valence-corrected chi connectivity index (χ0v) is 12.7. The number of aromatic nitrogens is 1. The number of hydrogen-bond acceptors (Lipinski definition) is 3. The minimum Gasteiger partial charge on any atom is -0.361 e. The van der Waals surface area contributed by atoms with Crippen molar-refractivity contribution in [3.05, 3.63) is 52.9 Å². The number of aryl methyl sites for hydroxylation is 1. The van der Waals surface area contributed by atoms with Crippen molar-refractivity contribution >= 4 is 6.03 Å². The highest BCUT2D eigenvalue weighted by Crippen LogP contribution is 2.29. The molecule has 0 bridgehead atoms. The summed E-state index contributed by atoms with van der Waals surface area (Å²) in [6, 6.07) is 4.93. The summed E-state index contributed by atoms with van der Waals surface area (Å²) in [6.45, 7) is 2.12. The zero-order valence-electron chi connectivity index (χ0n) is 12.7. The molecule has 1 aromatic carbocycles. The molecule has 1 heterocycles. The van der Waals surface area contributed by atoms with Gasteiger partial charge in [-0.2, -0.15) is 0 Å². The summed E-state index contributed by atoms with van der Waals surface area (Å²) >= 11 is 0. The van der Waals surface area contributed by atoms with Gasteiger partial charge in [-0.05, 0) is 25.8 Å². The average molecular weight is 321 g/mol. The molecule has 122 valence electrons. The first-order valence-corrected chi connectivity index (χ1v) is 7.43. The van der Waals surface area contributed by atoms with Crippen LogP contribution in [0.1, 0.15) is 29.9 Å². The largest absolute Gasteiger partial charge is 0.361 e. The fraction of sp³-hybridized carbons (Fsp3) is 0.375. The van der Waals surface area contributed by atoms with Gasteiger partial charge >= 0.3 is 6.03 Å². The third kappa shape index (κ3) is 3.85. The summed E-state index contributed by atoms with van der Waals surface area (Å²) in [5, 5.41) is 6.56. The van der Waals surface area contributed by atoms with Crippen molar-refractivity contribution in [2.45, 2.75) is 38.9 Å². The van der Waals surface area contributed by atoms with Gasteiger partial charge in [-0.3, -0.25) is 0 Å². The first-order chi connectivity index (χ1) is 11.0. The van der Waals surface area contributed by atoms with Crippen molar-refractivity contribution in [1.29, 1.82) is 0 Å². The lowest BCUT2D eigenvalue weighted by Crippen LogP contribution is -2.40. The van der Waals surface area contributed by atoms with E-state index in [4.69, 9.17) is 4.52 Å². The van der Waals surface area contributed by atoms with Crippen LogP contribution < -0.4 is 5.32 Å². The molecule has 0 aliphatic heterocycles. The van der Waals surface area contributed by atoms with Gasteiger partial charge in [0.25, 0.3) is 0 Å². The molecule has 23 heavy (non-hydrogen) atoms. The summed E-state index contributed by atoms with van der Waals surface area (Å²) in [5.41, 5.74) is 0.922. The van der Waals surface area contributed by atoms with Crippen LogP contribution >= 0.6 is 0 Å². The first kappa shape index (κ1) is 15.5. The van der Waals surface area contributed by atoms with Crippen LogP contribution in [-0.2, 0) is 13.1 Å². The Morgan fingerprint density at radius 2 is 2.17 bits per heavy atom. The minimum atomic E-state index is -0.643. The third-order valence-electron chi connectivity index (χ3n) is 3.70. The molecule has 1 saturated carbocycles. The Morgan fingerprint density at radius 1 is 1.39 bits per heavy atom. The number of nitrogens with zero attached hydrogens (tertiary/aromatic N) is 2. The maximum Gasteiger partial charge on any atom is 0.318 e. The molecule has 0 saturated heterocycles. The molecule has 1 aliphatic carbocycles. The second-order valence-electron chi connectivity index (χ2n) is 5.68. The van der Waals surface area contributed by atoms with Crippen LogP contribution in [0.3, 0.4) is 0 Å². The summed E-state index contributed by atoms with van der Waals surface area (Å²) in [6.07, 6.45) is 1.78. The quantitative estimate of drug-likeness (QED) is 0.920. The van der Waals surface area contributed by atoms with Gasteiger partial charge in [-0.15, -0.1) is 0 Å². The van der Waals surface area contributed by atoms with E-state index in [0.717, 1.165) is 18.9 Å². The molecule has 1 N–H and O–H groups in total. The van der Waals surface area contributed by atoms with E-state index in [1.807, 2.05) is 0 Å². The molecule has 7 heteroatoms. The van der Waals surface area contributed by atoms with E-state index in [0.29, 0.717) is 17.0 Å². The maximum atomic E-state index is 13.8. The molecule has 1 aromatic heterocycles. The number of amides is 2. The highest BCUT2D eigenvalue weighted by atomic mass is 19.1. The number of urea groups is 1. The molecule has 2 aromatic rings. The van der Waals surface area contributed by atoms with Crippen molar-refractivity contribution in [3.63, 3.8) is 0 Å². The fourth-order valence-electron chi connectivity index (χ4n) is 2.36. The van der Waals surface area contributed by atoms with Crippen LogP contribution in [0.4, 0.5) is 13.6 Å². The van der Waals surface area contributed by atoms with Crippen molar-refractivity contribution in [2.24, 2.45) is 0 Å². The Labute approximate surface area is 132 Å². The van der Waals surface area contributed by atoms with Crippen LogP contribution in [0.25, 0.3) is 0 Å². The number of nitrogens with one attached hydrogen (secondary N) is 1. The minimum absolute atomic E-state index is 0.0958. The van der Waals surface area contributed by atoms with Crippen LogP contribution in [0.5, 0.6) is 0 Å². The van der Waals surface area contributed by atoms with Crippen molar-refractivity contribution in [1.82, 2.24) is 15.4 Å². The standard InChI is InChI=1S/C16H17F2N3O2/c1-10-6-13(20-23-10)8-19-16(22)21(14-4-5-14)9-11-2-3-12(17)7-15(11)18/h2-3,6-7,14H,4-5,8-9H2,1H3,(H,19,22). The number of benzene rings is 1. The topological polar surface area (TPSA) is 58.4 Å². The van der Waals surface area contributed by atoms with E-state index in [9.17, 15) is 13.6 Å². The third-order valence-corrected chi connectivity index (χ3v) is 3.70. The van der Waals surface area contributed by atoms with E-state index in [1.54, 1.807) is 17.9 Å². The molecule has 0 radical (unpaired) electrons. The van der Waals surface area contributed by atoms with Crippen LogP contribution in [0.15, 0.2) is 28.8 Å². The molecule has 0 atom stereocenters. The molecule has 5 nitrogen and oxygen atoms in total. The first-order valence-electron chi connectivity index (χ1n) is 7.43. The smallest absolute Gasteiger partial charge is 0.318 e. The van der Waals surface area contributed by atoms with E-state index in [2.05, 4.69) is 10.5 Å². The number of halogens is 2. The second kappa shape index (κ2) is 6.36. The lowest BCUT2D eigenvalue weighted by Gasteiger charge is -2.23. The van der Waals surface area contributed by atoms with Crippen molar-refractivity contribution < 1.29 is 18.1 Å². The van der Waals surface area contributed by atoms with Gasteiger partial charge in [0, 0.05) is 23.7 Å². The molecule has 0 unspecified atom stereocenters. The Kier molecular flexibility index (Phi) is 4.27. The number of rotatable bonds is 5. The number of hydrogen-bond donors (Lipinski definition) is 1. The monoisotopic (exact) mass is 321 g/mol. The molecule has 3 rings (SSSR count). The second-order valence-corrected chi connectivity index (χ2v) is 5.68. The predicted octanol–water partition coefficient (Wildman–Crippen LogP) is 3.14. The molecular formula is C16H17F2N3O2. The average Bonchev–Trinajstić information content (AvgIpc) is 3.26. The van der Waals surface area contributed by atoms with Crippen LogP contribution in [0, 0.1) is 18.6 Å². The predicted molar refractivity (Wildman–Crippen MR) is 78.4 cm³/mol. The van der Waals surface area contributed by atoms with Gasteiger partial charge in [0.05, 0.1) is 13.1 Å². The van der Waals surface area contributed by atoms with E-state index in [1.165, 1.54) is 12.1 Å². The molecule has 1 fully saturated rings. The van der Waals surface area contributed by atoms with E-state index >= 15 is 0 Å². The molecule has 2 amide bonds. The number of carbonyl (C=O) groups excluding carboxylic acids is 1. The Bertz CT molecular complexity index is 713. The number of carbonyl (C=O) groups is 1. The van der Waals surface area contributed by atoms with Gasteiger partial charge in [-0.25, -0.2) is 13.6 Å². The summed E-state index contributed by atoms with van der Waals surface area (Å²) in [5.74, 6) is -0.604. The van der Waals surface area contributed by atoms with Gasteiger partial charge < -0.3 is 14.7 Å². The summed E-state index contributed by atoms with van der Waals surface area (Å²) < 4.78 is 31.7. The Morgan fingerprint density at radius 3 is 2.78 bits per heavy atom. The van der Waals surface area contributed by atoms with Gasteiger partial charge in [-0.1, -0.05) is 11.2 Å². The van der Waals surface area contributed by atoms with Crippen molar-refractivity contribution in [2.75, 3.05) is 0 Å². The summed E-state index contributed by atoms with van der Waals surface area (Å²) in [7, 11) is 0. The van der Waals surface area contributed by atoms with Gasteiger partial charge in [0.2, 0.25) is 0 Å². The normalized spacial score (nSPS) is 13.9. The fourth-order valence-corrected chi connectivity index (χ4v) is 2.36. The maximum absolute atomic E-state index is 13.8. The summed E-state index contributed by atoms with van der Waals surface area (Å²) in [4.78, 5) is 13.9. The lowest BCUT2D eigenvalue weighted by atomic mass is 10.2. The van der Waals surface area contributed by atoms with Crippen LogP contribution in [0.2, 0.25) is 0 Å². The zero-order chi connectivity index (χ0) is 16.4. The Balaban J connectivity index is 1.65. The molecular weight excluding hydrogens is 304 g/mol. The lowest BCUT2D eigenvalue weighted by molar-refractivity contribution is 0.190. The van der Waals surface area contributed by atoms with E-state index < -0.39 is 11.6 Å². The van der Waals surface area contributed by atoms with Gasteiger partial charge in [0.15, 0.2) is 0 Å². The highest BCUT2D eigenvalue weighted by Gasteiger charge is 2.33. The van der Waals surface area contributed by atoms with E-state index in [-0.39, 0.29) is 25.2 Å². The van der Waals surface area contributed by atoms with Crippen molar-refractivity contribution in [3.8, 4) is 0 Å². The molecule has 1 aliphatic rings. The molecule has 0 spiro atoms. The van der Waals surface area contributed by atoms with Gasteiger partial charge in [0.1, 0.15) is 23.1 Å².